The van der Waals surface area contributed by atoms with Crippen LogP contribution >= 0.6 is 0 Å². The maximum atomic E-state index is 12.3. The third-order valence-corrected chi connectivity index (χ3v) is 4.42. The van der Waals surface area contributed by atoms with Gasteiger partial charge in [0, 0.05) is 11.7 Å². The van der Waals surface area contributed by atoms with Crippen LogP contribution in [-0.2, 0) is 4.79 Å². The molecule has 1 amide bonds. The first-order valence-electron chi connectivity index (χ1n) is 7.73. The first kappa shape index (κ1) is 16.0. The van der Waals surface area contributed by atoms with E-state index in [1.54, 1.807) is 0 Å². The number of aliphatic hydroxyl groups is 1. The zero-order chi connectivity index (χ0) is 15.4. The first-order valence-corrected chi connectivity index (χ1v) is 7.73. The van der Waals surface area contributed by atoms with Crippen LogP contribution in [0.4, 0.5) is 5.69 Å². The summed E-state index contributed by atoms with van der Waals surface area (Å²) in [6, 6.07) is 6.12. The van der Waals surface area contributed by atoms with Crippen molar-refractivity contribution in [3.8, 4) is 0 Å². The van der Waals surface area contributed by atoms with Crippen molar-refractivity contribution in [1.29, 1.82) is 0 Å². The highest BCUT2D eigenvalue weighted by atomic mass is 16.3. The van der Waals surface area contributed by atoms with Crippen LogP contribution in [0.5, 0.6) is 0 Å². The van der Waals surface area contributed by atoms with Crippen LogP contribution in [0.25, 0.3) is 0 Å². The lowest BCUT2D eigenvalue weighted by Gasteiger charge is -2.38. The number of likely N-dealkylation sites (tertiary alicyclic amines) is 1. The van der Waals surface area contributed by atoms with Gasteiger partial charge in [0.25, 0.3) is 0 Å². The Kier molecular flexibility index (Phi) is 5.37. The zero-order valence-electron chi connectivity index (χ0n) is 13.2. The van der Waals surface area contributed by atoms with Gasteiger partial charge in [-0.3, -0.25) is 9.69 Å². The number of hydrogen-bond acceptors (Lipinski definition) is 3. The molecule has 4 nitrogen and oxygen atoms in total. The molecule has 2 unspecified atom stereocenters. The topological polar surface area (TPSA) is 52.6 Å². The second-order valence-corrected chi connectivity index (χ2v) is 6.21. The molecule has 1 saturated heterocycles. The number of anilines is 1. The van der Waals surface area contributed by atoms with E-state index in [1.807, 2.05) is 26.0 Å². The van der Waals surface area contributed by atoms with E-state index in [0.29, 0.717) is 12.5 Å². The molecule has 0 spiro atoms. The smallest absolute Gasteiger partial charge is 0.238 e. The Labute approximate surface area is 127 Å². The number of carbonyl (C=O) groups excluding carboxylic acids is 1. The maximum Gasteiger partial charge on any atom is 0.238 e. The fourth-order valence-corrected chi connectivity index (χ4v) is 3.15. The second kappa shape index (κ2) is 7.05. The Hall–Kier alpha value is -1.39. The van der Waals surface area contributed by atoms with Crippen LogP contribution in [0, 0.1) is 19.8 Å². The number of carbonyl (C=O) groups is 1. The molecule has 2 atom stereocenters. The molecule has 0 saturated carbocycles. The van der Waals surface area contributed by atoms with Crippen LogP contribution in [-0.4, -0.2) is 41.7 Å². The van der Waals surface area contributed by atoms with Crippen molar-refractivity contribution in [2.45, 2.75) is 39.7 Å². The van der Waals surface area contributed by atoms with Gasteiger partial charge in [0.05, 0.1) is 13.2 Å². The lowest BCUT2D eigenvalue weighted by molar-refractivity contribution is -0.118. The Morgan fingerprint density at radius 3 is 2.86 bits per heavy atom. The molecule has 1 aliphatic heterocycles. The number of piperidine rings is 1. The molecule has 0 radical (unpaired) electrons. The van der Waals surface area contributed by atoms with Gasteiger partial charge in [-0.05, 0) is 50.8 Å². The Morgan fingerprint density at radius 2 is 2.19 bits per heavy atom. The molecule has 4 heteroatoms. The lowest BCUT2D eigenvalue weighted by atomic mass is 9.91. The van der Waals surface area contributed by atoms with Gasteiger partial charge in [-0.2, -0.15) is 0 Å². The van der Waals surface area contributed by atoms with Crippen LogP contribution < -0.4 is 5.32 Å². The molecule has 1 aromatic carbocycles. The third-order valence-electron chi connectivity index (χ3n) is 4.42. The maximum absolute atomic E-state index is 12.3. The van der Waals surface area contributed by atoms with E-state index in [2.05, 4.69) is 23.2 Å². The molecule has 2 rings (SSSR count). The summed E-state index contributed by atoms with van der Waals surface area (Å²) in [4.78, 5) is 14.4. The summed E-state index contributed by atoms with van der Waals surface area (Å²) < 4.78 is 0. The second-order valence-electron chi connectivity index (χ2n) is 6.21. The summed E-state index contributed by atoms with van der Waals surface area (Å²) in [6.07, 6.45) is 2.22. The number of nitrogens with one attached hydrogen (secondary N) is 1. The molecular weight excluding hydrogens is 264 g/mol. The van der Waals surface area contributed by atoms with E-state index in [-0.39, 0.29) is 18.6 Å². The third kappa shape index (κ3) is 4.05. The summed E-state index contributed by atoms with van der Waals surface area (Å²) in [7, 11) is 0. The molecule has 1 aromatic rings. The summed E-state index contributed by atoms with van der Waals surface area (Å²) in [5, 5.41) is 12.5. The number of aryl methyl sites for hydroxylation is 2. The molecule has 0 aliphatic carbocycles. The van der Waals surface area contributed by atoms with Crippen molar-refractivity contribution < 1.29 is 9.90 Å². The molecule has 1 aliphatic rings. The minimum atomic E-state index is -0.00509. The van der Waals surface area contributed by atoms with Gasteiger partial charge in [-0.15, -0.1) is 0 Å². The minimum absolute atomic E-state index is 0.00509. The van der Waals surface area contributed by atoms with E-state index in [4.69, 9.17) is 0 Å². The molecule has 1 fully saturated rings. The predicted octanol–water partition coefficient (Wildman–Crippen LogP) is 2.33. The zero-order valence-corrected chi connectivity index (χ0v) is 13.2. The highest BCUT2D eigenvalue weighted by Gasteiger charge is 2.29. The first-order chi connectivity index (χ1) is 10.0. The molecule has 0 aromatic heterocycles. The van der Waals surface area contributed by atoms with E-state index in [9.17, 15) is 9.90 Å². The number of amides is 1. The van der Waals surface area contributed by atoms with Crippen LogP contribution in [0.1, 0.15) is 30.9 Å². The largest absolute Gasteiger partial charge is 0.395 e. The van der Waals surface area contributed by atoms with Crippen LogP contribution in [0.2, 0.25) is 0 Å². The predicted molar refractivity (Wildman–Crippen MR) is 85.4 cm³/mol. The summed E-state index contributed by atoms with van der Waals surface area (Å²) in [5.74, 6) is 0.437. The fraction of sp³-hybridized carbons (Fsp3) is 0.588. The van der Waals surface area contributed by atoms with Gasteiger partial charge in [0.15, 0.2) is 0 Å². The van der Waals surface area contributed by atoms with Crippen molar-refractivity contribution >= 4 is 11.6 Å². The summed E-state index contributed by atoms with van der Waals surface area (Å²) in [6.45, 7) is 7.55. The molecule has 116 valence electrons. The van der Waals surface area contributed by atoms with Gasteiger partial charge < -0.3 is 10.4 Å². The number of hydrogen-bond donors (Lipinski definition) is 2. The van der Waals surface area contributed by atoms with E-state index < -0.39 is 0 Å². The Balaban J connectivity index is 1.97. The van der Waals surface area contributed by atoms with Gasteiger partial charge in [-0.25, -0.2) is 0 Å². The van der Waals surface area contributed by atoms with Gasteiger partial charge in [-0.1, -0.05) is 24.6 Å². The number of aliphatic hydroxyl groups excluding tert-OH is 1. The monoisotopic (exact) mass is 290 g/mol. The van der Waals surface area contributed by atoms with Crippen molar-refractivity contribution in [2.24, 2.45) is 5.92 Å². The van der Waals surface area contributed by atoms with Crippen LogP contribution in [0.3, 0.4) is 0 Å². The highest BCUT2D eigenvalue weighted by molar-refractivity contribution is 5.93. The van der Waals surface area contributed by atoms with E-state index in [0.717, 1.165) is 30.6 Å². The number of rotatable bonds is 4. The van der Waals surface area contributed by atoms with E-state index in [1.165, 1.54) is 5.56 Å². The molecule has 1 heterocycles. The molecule has 2 N–H and O–H groups in total. The summed E-state index contributed by atoms with van der Waals surface area (Å²) in [5.41, 5.74) is 3.14. The highest BCUT2D eigenvalue weighted by Crippen LogP contribution is 2.23. The SMILES string of the molecule is Cc1ccc(NC(=O)CN2CCCC(C)C2CO)c(C)c1. The average Bonchev–Trinajstić information content (AvgIpc) is 2.42. The van der Waals surface area contributed by atoms with Crippen molar-refractivity contribution in [1.82, 2.24) is 4.90 Å². The lowest BCUT2D eigenvalue weighted by Crippen LogP contribution is -2.49. The summed E-state index contributed by atoms with van der Waals surface area (Å²) >= 11 is 0. The van der Waals surface area contributed by atoms with Crippen LogP contribution in [0.15, 0.2) is 18.2 Å². The quantitative estimate of drug-likeness (QED) is 0.895. The van der Waals surface area contributed by atoms with Crippen molar-refractivity contribution in [2.75, 3.05) is 25.0 Å². The fourth-order valence-electron chi connectivity index (χ4n) is 3.15. The van der Waals surface area contributed by atoms with E-state index >= 15 is 0 Å². The van der Waals surface area contributed by atoms with Crippen molar-refractivity contribution in [3.05, 3.63) is 29.3 Å². The van der Waals surface area contributed by atoms with Crippen molar-refractivity contribution in [3.63, 3.8) is 0 Å². The Morgan fingerprint density at radius 1 is 1.43 bits per heavy atom. The average molecular weight is 290 g/mol. The number of nitrogens with zero attached hydrogens (tertiary/aromatic N) is 1. The van der Waals surface area contributed by atoms with Gasteiger partial charge in [0.2, 0.25) is 5.91 Å². The minimum Gasteiger partial charge on any atom is -0.395 e. The number of benzene rings is 1. The Bertz CT molecular complexity index is 502. The molecule has 0 bridgehead atoms. The normalized spacial score (nSPS) is 23.0. The van der Waals surface area contributed by atoms with Gasteiger partial charge >= 0.3 is 0 Å². The standard InChI is InChI=1S/C17H26N2O2/c1-12-6-7-15(14(3)9-12)18-17(21)10-19-8-4-5-13(2)16(19)11-20/h6-7,9,13,16,20H,4-5,8,10-11H2,1-3H3,(H,18,21). The molecular formula is C17H26N2O2. The van der Waals surface area contributed by atoms with Gasteiger partial charge in [0.1, 0.15) is 0 Å². The molecule has 21 heavy (non-hydrogen) atoms.